The van der Waals surface area contributed by atoms with Crippen molar-refractivity contribution in [2.45, 2.75) is 50.6 Å². The van der Waals surface area contributed by atoms with Crippen LogP contribution in [0.15, 0.2) is 12.1 Å². The van der Waals surface area contributed by atoms with Crippen molar-refractivity contribution in [3.8, 4) is 0 Å². The van der Waals surface area contributed by atoms with Crippen molar-refractivity contribution in [2.24, 2.45) is 0 Å². The van der Waals surface area contributed by atoms with Crippen LogP contribution in [0.25, 0.3) is 0 Å². The summed E-state index contributed by atoms with van der Waals surface area (Å²) in [5.74, 6) is -3.25. The largest absolute Gasteiger partial charge is 0.381 e. The van der Waals surface area contributed by atoms with Crippen LogP contribution in [0.2, 0.25) is 0 Å². The highest BCUT2D eigenvalue weighted by atomic mass is 32.1. The van der Waals surface area contributed by atoms with Gasteiger partial charge in [-0.2, -0.15) is 0 Å². The molecule has 0 aliphatic carbocycles. The Kier molecular flexibility index (Phi) is 6.13. The van der Waals surface area contributed by atoms with E-state index >= 15 is 0 Å². The van der Waals surface area contributed by atoms with Gasteiger partial charge in [0.05, 0.1) is 0 Å². The zero-order valence-electron chi connectivity index (χ0n) is 16.5. The molecule has 29 heavy (non-hydrogen) atoms. The number of aromatic nitrogens is 2. The van der Waals surface area contributed by atoms with Gasteiger partial charge in [-0.25, -0.2) is 13.2 Å². The van der Waals surface area contributed by atoms with Gasteiger partial charge in [0.2, 0.25) is 0 Å². The van der Waals surface area contributed by atoms with Gasteiger partial charge in [-0.05, 0) is 70.0 Å². The lowest BCUT2D eigenvalue weighted by Gasteiger charge is -2.31. The molecule has 1 N–H and O–H groups in total. The van der Waals surface area contributed by atoms with Crippen LogP contribution < -0.4 is 0 Å². The van der Waals surface area contributed by atoms with Crippen LogP contribution in [0.1, 0.15) is 42.1 Å². The number of rotatable bonds is 6. The average Bonchev–Trinajstić information content (AvgIpc) is 3.27. The van der Waals surface area contributed by atoms with Crippen molar-refractivity contribution >= 4 is 12.2 Å². The number of fused-ring (bicyclic) bond motifs is 1. The quantitative estimate of drug-likeness (QED) is 0.552. The zero-order valence-corrected chi connectivity index (χ0v) is 17.3. The third-order valence-corrected chi connectivity index (χ3v) is 6.58. The Morgan fingerprint density at radius 3 is 2.69 bits per heavy atom. The molecule has 1 aromatic carbocycles. The maximum absolute atomic E-state index is 14.2. The van der Waals surface area contributed by atoms with Crippen molar-refractivity contribution in [1.82, 2.24) is 14.5 Å². The summed E-state index contributed by atoms with van der Waals surface area (Å²) >= 11 is 5.42. The molecule has 4 nitrogen and oxygen atoms in total. The van der Waals surface area contributed by atoms with Crippen LogP contribution in [0.4, 0.5) is 13.2 Å². The first-order valence-corrected chi connectivity index (χ1v) is 10.6. The minimum absolute atomic E-state index is 0.173. The van der Waals surface area contributed by atoms with Crippen LogP contribution in [0.5, 0.6) is 0 Å². The molecule has 1 atom stereocenters. The van der Waals surface area contributed by atoms with Gasteiger partial charge >= 0.3 is 0 Å². The molecule has 0 amide bonds. The molecule has 1 saturated heterocycles. The number of aromatic amines is 1. The average molecular weight is 426 g/mol. The zero-order chi connectivity index (χ0) is 20.5. The summed E-state index contributed by atoms with van der Waals surface area (Å²) < 4.78 is 50.0. The van der Waals surface area contributed by atoms with Gasteiger partial charge in [-0.15, -0.1) is 0 Å². The minimum atomic E-state index is -1.09. The summed E-state index contributed by atoms with van der Waals surface area (Å²) in [7, 11) is 2.15. The number of H-pyrrole nitrogens is 1. The number of benzene rings is 1. The Hall–Kier alpha value is -1.64. The molecule has 4 rings (SSSR count). The Morgan fingerprint density at radius 1 is 1.21 bits per heavy atom. The molecule has 0 radical (unpaired) electrons. The SMILES string of the molecule is CN(CCCc1[nH]c(=S)n2c1CC(c1c(F)ccc(F)c1F)C2)C1CCOCC1. The number of aryl methyl sites for hydroxylation is 1. The van der Waals surface area contributed by atoms with E-state index in [0.717, 1.165) is 69.0 Å². The predicted octanol–water partition coefficient (Wildman–Crippen LogP) is 4.35. The molecule has 0 bridgehead atoms. The summed E-state index contributed by atoms with van der Waals surface area (Å²) in [6.07, 6.45) is 4.36. The van der Waals surface area contributed by atoms with Gasteiger partial charge in [0, 0.05) is 48.7 Å². The van der Waals surface area contributed by atoms with Crippen LogP contribution in [0, 0.1) is 22.2 Å². The molecule has 0 saturated carbocycles. The third kappa shape index (κ3) is 4.15. The van der Waals surface area contributed by atoms with Gasteiger partial charge in [0.25, 0.3) is 0 Å². The van der Waals surface area contributed by atoms with E-state index in [0.29, 0.717) is 23.8 Å². The first kappa shape index (κ1) is 20.6. The number of hydrogen-bond donors (Lipinski definition) is 1. The lowest BCUT2D eigenvalue weighted by atomic mass is 9.95. The van der Waals surface area contributed by atoms with Crippen LogP contribution in [-0.4, -0.2) is 47.3 Å². The highest BCUT2D eigenvalue weighted by Crippen LogP contribution is 2.35. The van der Waals surface area contributed by atoms with E-state index in [2.05, 4.69) is 16.9 Å². The number of ether oxygens (including phenoxy) is 1. The summed E-state index contributed by atoms with van der Waals surface area (Å²) in [5, 5.41) is 0. The monoisotopic (exact) mass is 425 g/mol. The fraction of sp³-hybridized carbons (Fsp3) is 0.571. The topological polar surface area (TPSA) is 33.2 Å². The molecule has 2 aliphatic heterocycles. The number of imidazole rings is 1. The van der Waals surface area contributed by atoms with E-state index in [9.17, 15) is 13.2 Å². The maximum Gasteiger partial charge on any atom is 0.177 e. The van der Waals surface area contributed by atoms with E-state index in [4.69, 9.17) is 17.0 Å². The van der Waals surface area contributed by atoms with Gasteiger partial charge in [-0.1, -0.05) is 0 Å². The molecular formula is C21H26F3N3OS. The van der Waals surface area contributed by atoms with Gasteiger partial charge < -0.3 is 19.2 Å². The number of nitrogens with zero attached hydrogens (tertiary/aromatic N) is 2. The Balaban J connectivity index is 1.43. The molecule has 0 spiro atoms. The van der Waals surface area contributed by atoms with Crippen molar-refractivity contribution in [1.29, 1.82) is 0 Å². The summed E-state index contributed by atoms with van der Waals surface area (Å²) in [4.78, 5) is 5.64. The Bertz CT molecular complexity index is 936. The molecule has 1 aromatic heterocycles. The van der Waals surface area contributed by atoms with E-state index in [1.807, 2.05) is 4.57 Å². The first-order valence-electron chi connectivity index (χ1n) is 10.2. The van der Waals surface area contributed by atoms with Crippen LogP contribution in [-0.2, 0) is 24.1 Å². The first-order chi connectivity index (χ1) is 14.0. The normalized spacial score (nSPS) is 19.8. The number of halogens is 3. The van der Waals surface area contributed by atoms with Gasteiger partial charge in [0.1, 0.15) is 5.82 Å². The summed E-state index contributed by atoms with van der Waals surface area (Å²) in [5.41, 5.74) is 1.83. The lowest BCUT2D eigenvalue weighted by Crippen LogP contribution is -2.37. The minimum Gasteiger partial charge on any atom is -0.381 e. The molecular weight excluding hydrogens is 399 g/mol. The summed E-state index contributed by atoms with van der Waals surface area (Å²) in [6.45, 7) is 2.98. The number of nitrogens with one attached hydrogen (secondary N) is 1. The predicted molar refractivity (Wildman–Crippen MR) is 107 cm³/mol. The van der Waals surface area contributed by atoms with Crippen molar-refractivity contribution in [3.05, 3.63) is 51.3 Å². The van der Waals surface area contributed by atoms with Gasteiger partial charge in [0.15, 0.2) is 16.4 Å². The lowest BCUT2D eigenvalue weighted by molar-refractivity contribution is 0.0428. The fourth-order valence-electron chi connectivity index (χ4n) is 4.63. The van der Waals surface area contributed by atoms with E-state index in [1.165, 1.54) is 0 Å². The van der Waals surface area contributed by atoms with Crippen molar-refractivity contribution in [3.63, 3.8) is 0 Å². The van der Waals surface area contributed by atoms with Crippen molar-refractivity contribution in [2.75, 3.05) is 26.8 Å². The highest BCUT2D eigenvalue weighted by molar-refractivity contribution is 7.71. The fourth-order valence-corrected chi connectivity index (χ4v) is 4.94. The Labute approximate surface area is 173 Å². The van der Waals surface area contributed by atoms with Crippen LogP contribution >= 0.6 is 12.2 Å². The van der Waals surface area contributed by atoms with E-state index < -0.39 is 23.4 Å². The molecule has 2 aromatic rings. The second kappa shape index (κ2) is 8.62. The van der Waals surface area contributed by atoms with Gasteiger partial charge in [-0.3, -0.25) is 0 Å². The van der Waals surface area contributed by atoms with Crippen LogP contribution in [0.3, 0.4) is 0 Å². The van der Waals surface area contributed by atoms with E-state index in [-0.39, 0.29) is 5.56 Å². The standard InChI is InChI=1S/C21H26F3N3OS/c1-26(14-6-9-28-10-7-14)8-2-3-17-18-11-13(12-27(18)21(29)25-17)19-15(22)4-5-16(23)20(19)24/h4-5,13-14H,2-3,6-12H2,1H3,(H,25,29). The second-order valence-corrected chi connectivity index (χ2v) is 8.44. The highest BCUT2D eigenvalue weighted by Gasteiger charge is 2.31. The van der Waals surface area contributed by atoms with Crippen molar-refractivity contribution < 1.29 is 17.9 Å². The number of hydrogen-bond acceptors (Lipinski definition) is 3. The van der Waals surface area contributed by atoms with E-state index in [1.54, 1.807) is 0 Å². The molecule has 158 valence electrons. The molecule has 3 heterocycles. The second-order valence-electron chi connectivity index (χ2n) is 8.05. The smallest absolute Gasteiger partial charge is 0.177 e. The molecule has 1 fully saturated rings. The summed E-state index contributed by atoms with van der Waals surface area (Å²) in [6, 6.07) is 2.39. The maximum atomic E-state index is 14.2. The Morgan fingerprint density at radius 2 is 1.93 bits per heavy atom. The molecule has 1 unspecified atom stereocenters. The molecule has 2 aliphatic rings. The third-order valence-electron chi connectivity index (χ3n) is 6.26. The molecule has 8 heteroatoms.